The maximum Gasteiger partial charge on any atom is 0.220 e. The molecule has 4 rings (SSSR count). The van der Waals surface area contributed by atoms with Gasteiger partial charge in [0.25, 0.3) is 0 Å². The molecule has 0 atom stereocenters. The van der Waals surface area contributed by atoms with Gasteiger partial charge in [-0.2, -0.15) is 5.26 Å². The van der Waals surface area contributed by atoms with Crippen molar-refractivity contribution >= 4 is 29.3 Å². The molecule has 0 aliphatic rings. The lowest BCUT2D eigenvalue weighted by molar-refractivity contribution is -0.121. The summed E-state index contributed by atoms with van der Waals surface area (Å²) >= 11 is 7.81. The summed E-state index contributed by atoms with van der Waals surface area (Å²) in [5, 5.41) is 22.3. The Morgan fingerprint density at radius 2 is 1.95 bits per heavy atom. The van der Waals surface area contributed by atoms with Crippen LogP contribution in [0, 0.1) is 11.3 Å². The van der Waals surface area contributed by atoms with E-state index in [-0.39, 0.29) is 5.91 Å². The normalized spacial score (nSPS) is 10.6. The van der Waals surface area contributed by atoms with E-state index in [9.17, 15) is 10.1 Å². The lowest BCUT2D eigenvalue weighted by Gasteiger charge is -2.11. The number of nitrogens with one attached hydrogen (secondary N) is 1. The summed E-state index contributed by atoms with van der Waals surface area (Å²) in [7, 11) is 1.62. The van der Waals surface area contributed by atoms with Crippen LogP contribution in [0.5, 0.6) is 5.75 Å². The van der Waals surface area contributed by atoms with E-state index in [0.29, 0.717) is 42.1 Å². The second-order valence-corrected chi connectivity index (χ2v) is 9.64. The fourth-order valence-electron chi connectivity index (χ4n) is 3.85. The zero-order valence-electron chi connectivity index (χ0n) is 20.4. The summed E-state index contributed by atoms with van der Waals surface area (Å²) in [4.78, 5) is 12.5. The number of hydrogen-bond acceptors (Lipinski definition) is 6. The Bertz CT molecular complexity index is 1420. The topological polar surface area (TPSA) is 92.8 Å². The van der Waals surface area contributed by atoms with Crippen molar-refractivity contribution in [3.05, 3.63) is 100 Å². The van der Waals surface area contributed by atoms with Crippen molar-refractivity contribution in [3.8, 4) is 17.5 Å². The first-order valence-electron chi connectivity index (χ1n) is 11.8. The number of rotatable bonds is 11. The predicted octanol–water partition coefficient (Wildman–Crippen LogP) is 5.73. The lowest BCUT2D eigenvalue weighted by Crippen LogP contribution is -2.23. The number of amides is 1. The SMILES string of the molecule is COc1ccccc1CNC(=O)CCCc1nnc(SCc2cccc(C#N)c2)n1-c1cccc(Cl)c1. The van der Waals surface area contributed by atoms with Gasteiger partial charge >= 0.3 is 0 Å². The Labute approximate surface area is 225 Å². The molecular formula is C28H26ClN5O2S. The number of aryl methyl sites for hydroxylation is 1. The number of aromatic nitrogens is 3. The smallest absolute Gasteiger partial charge is 0.220 e. The fourth-order valence-corrected chi connectivity index (χ4v) is 4.95. The van der Waals surface area contributed by atoms with Gasteiger partial charge in [-0.3, -0.25) is 9.36 Å². The largest absolute Gasteiger partial charge is 0.496 e. The van der Waals surface area contributed by atoms with Crippen LogP contribution in [0.25, 0.3) is 5.69 Å². The first-order valence-corrected chi connectivity index (χ1v) is 13.1. The molecule has 1 aromatic heterocycles. The minimum absolute atomic E-state index is 0.0355. The third kappa shape index (κ3) is 7.13. The number of thioether (sulfide) groups is 1. The van der Waals surface area contributed by atoms with Gasteiger partial charge in [-0.15, -0.1) is 10.2 Å². The van der Waals surface area contributed by atoms with E-state index in [1.807, 2.05) is 71.3 Å². The second kappa shape index (κ2) is 12.9. The van der Waals surface area contributed by atoms with E-state index in [0.717, 1.165) is 33.5 Å². The van der Waals surface area contributed by atoms with E-state index >= 15 is 0 Å². The van der Waals surface area contributed by atoms with Crippen LogP contribution < -0.4 is 10.1 Å². The molecule has 0 saturated carbocycles. The third-order valence-corrected chi connectivity index (χ3v) is 6.90. The van der Waals surface area contributed by atoms with Gasteiger partial charge in [-0.25, -0.2) is 0 Å². The van der Waals surface area contributed by atoms with Crippen molar-refractivity contribution < 1.29 is 9.53 Å². The number of methoxy groups -OCH3 is 1. The molecule has 0 spiro atoms. The predicted molar refractivity (Wildman–Crippen MR) is 145 cm³/mol. The molecule has 1 N–H and O–H groups in total. The number of nitrogens with zero attached hydrogens (tertiary/aromatic N) is 4. The van der Waals surface area contributed by atoms with Crippen molar-refractivity contribution in [1.82, 2.24) is 20.1 Å². The summed E-state index contributed by atoms with van der Waals surface area (Å²) < 4.78 is 7.33. The molecule has 0 aliphatic heterocycles. The molecule has 0 radical (unpaired) electrons. The quantitative estimate of drug-likeness (QED) is 0.248. The van der Waals surface area contributed by atoms with E-state index < -0.39 is 0 Å². The van der Waals surface area contributed by atoms with Crippen molar-refractivity contribution in [1.29, 1.82) is 5.26 Å². The van der Waals surface area contributed by atoms with Crippen LogP contribution in [0.4, 0.5) is 0 Å². The second-order valence-electron chi connectivity index (χ2n) is 8.26. The maximum absolute atomic E-state index is 12.5. The Morgan fingerprint density at radius 3 is 2.76 bits per heavy atom. The molecule has 9 heteroatoms. The van der Waals surface area contributed by atoms with Crippen LogP contribution in [0.2, 0.25) is 5.02 Å². The van der Waals surface area contributed by atoms with Gasteiger partial charge < -0.3 is 10.1 Å². The first kappa shape index (κ1) is 26.3. The summed E-state index contributed by atoms with van der Waals surface area (Å²) in [5.41, 5.74) is 3.44. The van der Waals surface area contributed by atoms with E-state index in [4.69, 9.17) is 16.3 Å². The molecule has 37 heavy (non-hydrogen) atoms. The number of carbonyl (C=O) groups is 1. The molecule has 0 aliphatic carbocycles. The number of hydrogen-bond donors (Lipinski definition) is 1. The highest BCUT2D eigenvalue weighted by Gasteiger charge is 2.16. The Kier molecular flexibility index (Phi) is 9.19. The summed E-state index contributed by atoms with van der Waals surface area (Å²) in [5.74, 6) is 2.11. The van der Waals surface area contributed by atoms with Crippen LogP contribution in [-0.2, 0) is 23.5 Å². The van der Waals surface area contributed by atoms with Gasteiger partial charge in [0.2, 0.25) is 5.91 Å². The van der Waals surface area contributed by atoms with Crippen LogP contribution in [0.3, 0.4) is 0 Å². The number of halogens is 1. The number of nitriles is 1. The molecule has 4 aromatic rings. The molecule has 0 bridgehead atoms. The zero-order chi connectivity index (χ0) is 26.0. The van der Waals surface area contributed by atoms with Crippen molar-refractivity contribution in [3.63, 3.8) is 0 Å². The first-order chi connectivity index (χ1) is 18.1. The molecule has 0 saturated heterocycles. The third-order valence-electron chi connectivity index (χ3n) is 5.66. The van der Waals surface area contributed by atoms with Crippen molar-refractivity contribution in [2.24, 2.45) is 0 Å². The fraction of sp³-hybridized carbons (Fsp3) is 0.214. The van der Waals surface area contributed by atoms with E-state index in [1.54, 1.807) is 13.2 Å². The zero-order valence-corrected chi connectivity index (χ0v) is 21.9. The molecule has 3 aromatic carbocycles. The highest BCUT2D eigenvalue weighted by molar-refractivity contribution is 7.98. The van der Waals surface area contributed by atoms with E-state index in [2.05, 4.69) is 21.6 Å². The minimum atomic E-state index is -0.0355. The molecular weight excluding hydrogens is 506 g/mol. The minimum Gasteiger partial charge on any atom is -0.496 e. The van der Waals surface area contributed by atoms with Gasteiger partial charge in [-0.1, -0.05) is 59.8 Å². The summed E-state index contributed by atoms with van der Waals surface area (Å²) in [6, 6.07) is 24.9. The van der Waals surface area contributed by atoms with Gasteiger partial charge in [0, 0.05) is 35.7 Å². The van der Waals surface area contributed by atoms with Gasteiger partial charge in [0.05, 0.1) is 24.4 Å². The van der Waals surface area contributed by atoms with Gasteiger partial charge in [0.15, 0.2) is 5.16 Å². The lowest BCUT2D eigenvalue weighted by atomic mass is 10.2. The molecule has 188 valence electrons. The molecule has 1 amide bonds. The van der Waals surface area contributed by atoms with Crippen LogP contribution in [0.1, 0.15) is 35.4 Å². The monoisotopic (exact) mass is 531 g/mol. The Balaban J connectivity index is 1.42. The highest BCUT2D eigenvalue weighted by Crippen LogP contribution is 2.27. The Hall–Kier alpha value is -3.80. The average Bonchev–Trinajstić information content (AvgIpc) is 3.33. The van der Waals surface area contributed by atoms with E-state index in [1.165, 1.54) is 11.8 Å². The number of para-hydroxylation sites is 1. The standard InChI is InChI=1S/C28H26ClN5O2S/c1-36-25-12-3-2-9-22(25)18-31-27(35)14-6-13-26-32-33-28(34(26)24-11-5-10-23(29)16-24)37-19-21-8-4-7-20(15-21)17-30/h2-5,7-12,15-16H,6,13-14,18-19H2,1H3,(H,31,35). The van der Waals surface area contributed by atoms with Crippen molar-refractivity contribution in [2.45, 2.75) is 36.7 Å². The summed E-state index contributed by atoms with van der Waals surface area (Å²) in [6.07, 6.45) is 1.55. The number of ether oxygens (including phenoxy) is 1. The van der Waals surface area contributed by atoms with Crippen LogP contribution in [0.15, 0.2) is 78.0 Å². The molecule has 0 unspecified atom stereocenters. The number of benzene rings is 3. The van der Waals surface area contributed by atoms with Gasteiger partial charge in [-0.05, 0) is 48.4 Å². The highest BCUT2D eigenvalue weighted by atomic mass is 35.5. The number of carbonyl (C=O) groups excluding carboxylic acids is 1. The summed E-state index contributed by atoms with van der Waals surface area (Å²) in [6.45, 7) is 0.412. The molecule has 0 fully saturated rings. The average molecular weight is 532 g/mol. The Morgan fingerprint density at radius 1 is 1.11 bits per heavy atom. The van der Waals surface area contributed by atoms with Crippen molar-refractivity contribution in [2.75, 3.05) is 7.11 Å². The van der Waals surface area contributed by atoms with Gasteiger partial charge in [0.1, 0.15) is 11.6 Å². The van der Waals surface area contributed by atoms with Crippen LogP contribution >= 0.6 is 23.4 Å². The maximum atomic E-state index is 12.5. The van der Waals surface area contributed by atoms with Crippen LogP contribution in [-0.4, -0.2) is 27.8 Å². The molecule has 1 heterocycles. The molecule has 7 nitrogen and oxygen atoms in total.